The molecule has 0 aromatic heterocycles. The molecule has 1 nitrogen and oxygen atoms in total. The molecule has 0 radical (unpaired) electrons. The lowest BCUT2D eigenvalue weighted by Crippen LogP contribution is -2.32. The van der Waals surface area contributed by atoms with Crippen molar-refractivity contribution in [2.75, 3.05) is 14.1 Å². The van der Waals surface area contributed by atoms with Gasteiger partial charge in [-0.15, -0.1) is 0 Å². The van der Waals surface area contributed by atoms with Crippen LogP contribution in [0, 0.1) is 6.92 Å². The minimum Gasteiger partial charge on any atom is -0.321 e. The summed E-state index contributed by atoms with van der Waals surface area (Å²) in [7, 11) is 4.64. The predicted octanol–water partition coefficient (Wildman–Crippen LogP) is 4.39. The van der Waals surface area contributed by atoms with E-state index in [-0.39, 0.29) is 0 Å². The summed E-state index contributed by atoms with van der Waals surface area (Å²) in [6, 6.07) is 15.7. The first kappa shape index (κ1) is 11.9. The zero-order valence-electron chi connectivity index (χ0n) is 12.4. The van der Waals surface area contributed by atoms with Gasteiger partial charge in [0, 0.05) is 11.1 Å². The molecule has 0 amide bonds. The summed E-state index contributed by atoms with van der Waals surface area (Å²) in [4.78, 5) is 0. The Kier molecular flexibility index (Phi) is 2.28. The highest BCUT2D eigenvalue weighted by atomic mass is 15.3. The van der Waals surface area contributed by atoms with Gasteiger partial charge in [-0.2, -0.15) is 0 Å². The number of rotatable bonds is 0. The van der Waals surface area contributed by atoms with Gasteiger partial charge in [0.05, 0.1) is 14.1 Å². The summed E-state index contributed by atoms with van der Waals surface area (Å²) in [5.74, 6) is 0. The SMILES string of the molecule is Cc1c2c(cc3c1ccc1ccccc13)C[N+](C)(C)C2. The summed E-state index contributed by atoms with van der Waals surface area (Å²) >= 11 is 0. The van der Waals surface area contributed by atoms with Gasteiger partial charge in [-0.3, -0.25) is 0 Å². The quantitative estimate of drug-likeness (QED) is 0.416. The van der Waals surface area contributed by atoms with Gasteiger partial charge in [0.25, 0.3) is 0 Å². The summed E-state index contributed by atoms with van der Waals surface area (Å²) in [6.45, 7) is 4.60. The zero-order valence-corrected chi connectivity index (χ0v) is 12.4. The van der Waals surface area contributed by atoms with E-state index in [0.29, 0.717) is 0 Å². The molecule has 0 unspecified atom stereocenters. The Labute approximate surface area is 120 Å². The van der Waals surface area contributed by atoms with Gasteiger partial charge in [-0.25, -0.2) is 0 Å². The minimum absolute atomic E-state index is 1.07. The maximum Gasteiger partial charge on any atom is 0.105 e. The molecule has 0 aliphatic carbocycles. The van der Waals surface area contributed by atoms with Gasteiger partial charge in [0.15, 0.2) is 0 Å². The van der Waals surface area contributed by atoms with Crippen molar-refractivity contribution in [2.45, 2.75) is 20.0 Å². The number of benzene rings is 3. The van der Waals surface area contributed by atoms with Crippen molar-refractivity contribution in [1.29, 1.82) is 0 Å². The molecule has 1 aliphatic heterocycles. The molecule has 0 fully saturated rings. The van der Waals surface area contributed by atoms with E-state index in [1.54, 1.807) is 5.56 Å². The Balaban J connectivity index is 2.13. The van der Waals surface area contributed by atoms with Crippen LogP contribution in [-0.2, 0) is 13.1 Å². The Morgan fingerprint density at radius 1 is 0.850 bits per heavy atom. The predicted molar refractivity (Wildman–Crippen MR) is 85.7 cm³/mol. The van der Waals surface area contributed by atoms with Crippen molar-refractivity contribution in [3.05, 3.63) is 59.2 Å². The van der Waals surface area contributed by atoms with Crippen LogP contribution < -0.4 is 0 Å². The van der Waals surface area contributed by atoms with Crippen molar-refractivity contribution in [3.63, 3.8) is 0 Å². The molecule has 3 aromatic carbocycles. The van der Waals surface area contributed by atoms with E-state index >= 15 is 0 Å². The van der Waals surface area contributed by atoms with Crippen LogP contribution in [-0.4, -0.2) is 18.6 Å². The normalized spacial score (nSPS) is 16.8. The summed E-state index contributed by atoms with van der Waals surface area (Å²) in [5, 5.41) is 5.56. The van der Waals surface area contributed by atoms with Crippen LogP contribution in [0.2, 0.25) is 0 Å². The largest absolute Gasteiger partial charge is 0.321 e. The molecule has 0 spiro atoms. The fourth-order valence-corrected chi connectivity index (χ4v) is 3.75. The molecule has 0 N–H and O–H groups in total. The Hall–Kier alpha value is -1.86. The number of quaternary nitrogens is 1. The molecular formula is C19H20N+. The molecule has 0 atom stereocenters. The first-order valence-electron chi connectivity index (χ1n) is 7.30. The van der Waals surface area contributed by atoms with Gasteiger partial charge in [-0.1, -0.05) is 36.4 Å². The molecule has 0 bridgehead atoms. The molecule has 1 heterocycles. The lowest BCUT2D eigenvalue weighted by atomic mass is 9.93. The van der Waals surface area contributed by atoms with Crippen LogP contribution in [0.1, 0.15) is 16.7 Å². The second kappa shape index (κ2) is 3.83. The van der Waals surface area contributed by atoms with Gasteiger partial charge >= 0.3 is 0 Å². The lowest BCUT2D eigenvalue weighted by molar-refractivity contribution is -0.910. The van der Waals surface area contributed by atoms with Crippen molar-refractivity contribution in [2.24, 2.45) is 0 Å². The lowest BCUT2D eigenvalue weighted by Gasteiger charge is -2.22. The number of hydrogen-bond acceptors (Lipinski definition) is 0. The van der Waals surface area contributed by atoms with Crippen molar-refractivity contribution >= 4 is 21.5 Å². The maximum absolute atomic E-state index is 2.44. The fraction of sp³-hybridized carbons (Fsp3) is 0.263. The van der Waals surface area contributed by atoms with Gasteiger partial charge in [-0.05, 0) is 40.1 Å². The monoisotopic (exact) mass is 262 g/mol. The Bertz CT molecular complexity index is 843. The van der Waals surface area contributed by atoms with E-state index in [1.165, 1.54) is 32.7 Å². The van der Waals surface area contributed by atoms with E-state index in [0.717, 1.165) is 17.6 Å². The van der Waals surface area contributed by atoms with E-state index in [2.05, 4.69) is 63.5 Å². The molecule has 4 rings (SSSR count). The molecule has 3 aromatic rings. The second-order valence-electron chi connectivity index (χ2n) is 6.77. The van der Waals surface area contributed by atoms with Crippen LogP contribution in [0.3, 0.4) is 0 Å². The van der Waals surface area contributed by atoms with E-state index in [1.807, 2.05) is 0 Å². The van der Waals surface area contributed by atoms with Crippen LogP contribution in [0.25, 0.3) is 21.5 Å². The average Bonchev–Trinajstić information content (AvgIpc) is 2.74. The number of fused-ring (bicyclic) bond motifs is 4. The highest BCUT2D eigenvalue weighted by Gasteiger charge is 2.29. The Morgan fingerprint density at radius 2 is 1.65 bits per heavy atom. The number of hydrogen-bond donors (Lipinski definition) is 0. The third kappa shape index (κ3) is 1.60. The minimum atomic E-state index is 1.07. The molecular weight excluding hydrogens is 242 g/mol. The van der Waals surface area contributed by atoms with Crippen molar-refractivity contribution in [1.82, 2.24) is 0 Å². The summed E-state index contributed by atoms with van der Waals surface area (Å²) < 4.78 is 1.07. The topological polar surface area (TPSA) is 0 Å². The zero-order chi connectivity index (χ0) is 13.9. The van der Waals surface area contributed by atoms with Crippen molar-refractivity contribution < 1.29 is 4.48 Å². The molecule has 20 heavy (non-hydrogen) atoms. The van der Waals surface area contributed by atoms with Crippen molar-refractivity contribution in [3.8, 4) is 0 Å². The molecule has 1 aliphatic rings. The maximum atomic E-state index is 2.44. The second-order valence-corrected chi connectivity index (χ2v) is 6.77. The van der Waals surface area contributed by atoms with E-state index in [4.69, 9.17) is 0 Å². The molecule has 1 heteroatoms. The van der Waals surface area contributed by atoms with Crippen LogP contribution >= 0.6 is 0 Å². The highest BCUT2D eigenvalue weighted by molar-refractivity contribution is 6.09. The average molecular weight is 262 g/mol. The molecule has 100 valence electrons. The highest BCUT2D eigenvalue weighted by Crippen LogP contribution is 2.36. The van der Waals surface area contributed by atoms with Crippen LogP contribution in [0.5, 0.6) is 0 Å². The standard InChI is InChI=1S/C19H20N/c1-13-16-9-8-14-6-4-5-7-17(14)18(16)10-15-11-20(2,3)12-19(13)15/h4-10H,11-12H2,1-3H3/q+1. The Morgan fingerprint density at radius 3 is 2.50 bits per heavy atom. The fourth-order valence-electron chi connectivity index (χ4n) is 3.75. The van der Waals surface area contributed by atoms with Gasteiger partial charge < -0.3 is 4.48 Å². The van der Waals surface area contributed by atoms with Gasteiger partial charge in [0.1, 0.15) is 13.1 Å². The number of aryl methyl sites for hydroxylation is 1. The van der Waals surface area contributed by atoms with Crippen LogP contribution in [0.15, 0.2) is 42.5 Å². The third-order valence-electron chi connectivity index (χ3n) is 4.72. The van der Waals surface area contributed by atoms with E-state index < -0.39 is 0 Å². The molecule has 0 saturated heterocycles. The van der Waals surface area contributed by atoms with Gasteiger partial charge in [0.2, 0.25) is 0 Å². The summed E-state index contributed by atoms with van der Waals surface area (Å²) in [5.41, 5.74) is 4.58. The summed E-state index contributed by atoms with van der Waals surface area (Å²) in [6.07, 6.45) is 0. The van der Waals surface area contributed by atoms with Crippen LogP contribution in [0.4, 0.5) is 0 Å². The number of nitrogens with zero attached hydrogens (tertiary/aromatic N) is 1. The first-order chi connectivity index (χ1) is 9.55. The van der Waals surface area contributed by atoms with E-state index in [9.17, 15) is 0 Å². The smallest absolute Gasteiger partial charge is 0.105 e. The third-order valence-corrected chi connectivity index (χ3v) is 4.72. The molecule has 0 saturated carbocycles. The first-order valence-corrected chi connectivity index (χ1v) is 7.30.